The van der Waals surface area contributed by atoms with Gasteiger partial charge >= 0.3 is 0 Å². The van der Waals surface area contributed by atoms with Crippen molar-refractivity contribution in [2.45, 2.75) is 39.2 Å². The molecule has 4 nitrogen and oxygen atoms in total. The number of fused-ring (bicyclic) bond motifs is 2. The molecule has 0 aliphatic heterocycles. The Morgan fingerprint density at radius 1 is 1.40 bits per heavy atom. The fraction of sp³-hybridized carbons (Fsp3) is 1.00. The fourth-order valence-corrected chi connectivity index (χ4v) is 5.06. The Kier molecular flexibility index (Phi) is 2.24. The predicted octanol–water partition coefficient (Wildman–Crippen LogP) is 1.06. The summed E-state index contributed by atoms with van der Waals surface area (Å²) in [7, 11) is -4.02. The Hall–Kier alpha value is -0.130. The maximum Gasteiger partial charge on any atom is 0.265 e. The van der Waals surface area contributed by atoms with Gasteiger partial charge in [-0.15, -0.1) is 0 Å². The van der Waals surface area contributed by atoms with Gasteiger partial charge in [0, 0.05) is 5.41 Å². The predicted molar refractivity (Wildman–Crippen MR) is 56.0 cm³/mol. The summed E-state index contributed by atoms with van der Waals surface area (Å²) in [5, 5.41) is 9.99. The van der Waals surface area contributed by atoms with Gasteiger partial charge in [-0.2, -0.15) is 8.42 Å². The van der Waals surface area contributed by atoms with E-state index in [9.17, 15) is 13.5 Å². The van der Waals surface area contributed by atoms with E-state index in [1.165, 1.54) is 0 Å². The highest BCUT2D eigenvalue weighted by atomic mass is 32.2. The second-order valence-corrected chi connectivity index (χ2v) is 7.04. The molecule has 2 rings (SSSR count). The molecule has 0 spiro atoms. The quantitative estimate of drug-likeness (QED) is 0.701. The molecule has 2 saturated carbocycles. The molecular weight excluding hydrogens is 216 g/mol. The zero-order valence-corrected chi connectivity index (χ0v) is 9.92. The molecule has 2 N–H and O–H groups in total. The standard InChI is InChI=1S/C10H18O4S/c1-9(2)7-3-4-10(9,8(11)5-7)6-15(12,13)14/h7-8,11H,3-6H2,1-2H3,(H,12,13,14)/t7-,8?,10-/m0/s1. The van der Waals surface area contributed by atoms with Crippen molar-refractivity contribution >= 4 is 10.1 Å². The van der Waals surface area contributed by atoms with Crippen LogP contribution in [0.4, 0.5) is 0 Å². The Balaban J connectivity index is 2.40. The lowest BCUT2D eigenvalue weighted by Gasteiger charge is -2.39. The van der Waals surface area contributed by atoms with Crippen LogP contribution in [-0.4, -0.2) is 29.9 Å². The van der Waals surface area contributed by atoms with Crippen molar-refractivity contribution in [1.29, 1.82) is 0 Å². The topological polar surface area (TPSA) is 74.6 Å². The van der Waals surface area contributed by atoms with Gasteiger partial charge in [0.1, 0.15) is 0 Å². The first-order valence-corrected chi connectivity index (χ1v) is 6.93. The molecule has 5 heteroatoms. The fourth-order valence-electron chi connectivity index (χ4n) is 3.70. The molecule has 0 heterocycles. The summed E-state index contributed by atoms with van der Waals surface area (Å²) in [6.07, 6.45) is 1.74. The number of rotatable bonds is 2. The van der Waals surface area contributed by atoms with E-state index in [2.05, 4.69) is 0 Å². The average molecular weight is 234 g/mol. The minimum absolute atomic E-state index is 0.192. The van der Waals surface area contributed by atoms with E-state index in [0.717, 1.165) is 6.42 Å². The molecular formula is C10H18O4S. The van der Waals surface area contributed by atoms with Gasteiger partial charge in [0.05, 0.1) is 11.9 Å². The highest BCUT2D eigenvalue weighted by Gasteiger charge is 2.64. The zero-order chi connectivity index (χ0) is 11.5. The largest absolute Gasteiger partial charge is 0.392 e. The monoisotopic (exact) mass is 234 g/mol. The summed E-state index contributed by atoms with van der Waals surface area (Å²) < 4.78 is 31.1. The van der Waals surface area contributed by atoms with E-state index in [-0.39, 0.29) is 11.2 Å². The summed E-state index contributed by atoms with van der Waals surface area (Å²) in [4.78, 5) is 0. The van der Waals surface area contributed by atoms with Crippen molar-refractivity contribution in [3.63, 3.8) is 0 Å². The Morgan fingerprint density at radius 3 is 2.33 bits per heavy atom. The Morgan fingerprint density at radius 2 is 2.00 bits per heavy atom. The van der Waals surface area contributed by atoms with E-state index >= 15 is 0 Å². The second-order valence-electron chi connectivity index (χ2n) is 5.59. The van der Waals surface area contributed by atoms with E-state index in [4.69, 9.17) is 4.55 Å². The molecule has 3 atom stereocenters. The van der Waals surface area contributed by atoms with Crippen molar-refractivity contribution < 1.29 is 18.1 Å². The molecule has 0 aromatic heterocycles. The third-order valence-corrected chi connectivity index (χ3v) is 5.71. The first-order chi connectivity index (χ1) is 6.69. The van der Waals surface area contributed by atoms with Crippen LogP contribution in [0, 0.1) is 16.7 Å². The van der Waals surface area contributed by atoms with Gasteiger partial charge in [-0.1, -0.05) is 13.8 Å². The third kappa shape index (κ3) is 1.44. The number of hydrogen-bond acceptors (Lipinski definition) is 3. The van der Waals surface area contributed by atoms with E-state index in [1.807, 2.05) is 13.8 Å². The first kappa shape index (κ1) is 11.4. The van der Waals surface area contributed by atoms with Crippen LogP contribution < -0.4 is 0 Å². The molecule has 0 radical (unpaired) electrons. The molecule has 0 amide bonds. The summed E-state index contributed by atoms with van der Waals surface area (Å²) in [6.45, 7) is 4.01. The maximum absolute atomic E-state index is 11.0. The van der Waals surface area contributed by atoms with Gasteiger partial charge in [-0.05, 0) is 30.6 Å². The molecule has 2 bridgehead atoms. The van der Waals surface area contributed by atoms with Crippen LogP contribution >= 0.6 is 0 Å². The summed E-state index contributed by atoms with van der Waals surface area (Å²) in [5.74, 6) is 0.0826. The van der Waals surface area contributed by atoms with Crippen molar-refractivity contribution in [2.24, 2.45) is 16.7 Å². The highest BCUT2D eigenvalue weighted by molar-refractivity contribution is 7.85. The van der Waals surface area contributed by atoms with Gasteiger partial charge < -0.3 is 5.11 Å². The Labute approximate surface area is 90.4 Å². The van der Waals surface area contributed by atoms with Gasteiger partial charge in [-0.25, -0.2) is 0 Å². The van der Waals surface area contributed by atoms with E-state index in [0.29, 0.717) is 18.8 Å². The zero-order valence-electron chi connectivity index (χ0n) is 9.10. The van der Waals surface area contributed by atoms with Crippen molar-refractivity contribution in [3.8, 4) is 0 Å². The van der Waals surface area contributed by atoms with Gasteiger partial charge in [0.2, 0.25) is 0 Å². The van der Waals surface area contributed by atoms with Crippen LogP contribution in [-0.2, 0) is 10.1 Å². The van der Waals surface area contributed by atoms with Crippen LogP contribution in [0.3, 0.4) is 0 Å². The minimum Gasteiger partial charge on any atom is -0.392 e. The summed E-state index contributed by atoms with van der Waals surface area (Å²) in [6, 6.07) is 0. The lowest BCUT2D eigenvalue weighted by Crippen LogP contribution is -2.44. The molecule has 2 fully saturated rings. The molecule has 2 aliphatic carbocycles. The molecule has 0 aromatic rings. The number of aliphatic hydroxyl groups is 1. The second kappa shape index (κ2) is 2.96. The van der Waals surface area contributed by atoms with Crippen LogP contribution in [0.15, 0.2) is 0 Å². The molecule has 0 saturated heterocycles. The van der Waals surface area contributed by atoms with Crippen molar-refractivity contribution in [1.82, 2.24) is 0 Å². The summed E-state index contributed by atoms with van der Waals surface area (Å²) in [5.41, 5.74) is -0.826. The van der Waals surface area contributed by atoms with Crippen molar-refractivity contribution in [2.75, 3.05) is 5.75 Å². The van der Waals surface area contributed by atoms with E-state index < -0.39 is 21.6 Å². The van der Waals surface area contributed by atoms with Crippen LogP contribution in [0.25, 0.3) is 0 Å². The average Bonchev–Trinajstić information content (AvgIpc) is 2.34. The smallest absolute Gasteiger partial charge is 0.265 e. The lowest BCUT2D eigenvalue weighted by atomic mass is 9.70. The molecule has 88 valence electrons. The molecule has 2 aliphatic rings. The van der Waals surface area contributed by atoms with Crippen LogP contribution in [0.2, 0.25) is 0 Å². The number of hydrogen-bond donors (Lipinski definition) is 2. The first-order valence-electron chi connectivity index (χ1n) is 5.32. The summed E-state index contributed by atoms with van der Waals surface area (Å²) >= 11 is 0. The SMILES string of the molecule is CC1(C)[C@H]2CC[C@]1(CS(=O)(=O)O)C(O)C2. The van der Waals surface area contributed by atoms with Crippen LogP contribution in [0.5, 0.6) is 0 Å². The highest BCUT2D eigenvalue weighted by Crippen LogP contribution is 2.65. The number of aliphatic hydroxyl groups excluding tert-OH is 1. The van der Waals surface area contributed by atoms with Crippen LogP contribution in [0.1, 0.15) is 33.1 Å². The van der Waals surface area contributed by atoms with Gasteiger partial charge in [-0.3, -0.25) is 4.55 Å². The normalized spacial score (nSPS) is 43.5. The molecule has 15 heavy (non-hydrogen) atoms. The van der Waals surface area contributed by atoms with Gasteiger partial charge in [0.25, 0.3) is 10.1 Å². The third-order valence-electron chi connectivity index (χ3n) is 4.83. The molecule has 0 aromatic carbocycles. The van der Waals surface area contributed by atoms with Crippen molar-refractivity contribution in [3.05, 3.63) is 0 Å². The minimum atomic E-state index is -4.02. The lowest BCUT2D eigenvalue weighted by molar-refractivity contribution is 0.0142. The van der Waals surface area contributed by atoms with Gasteiger partial charge in [0.15, 0.2) is 0 Å². The molecule has 1 unspecified atom stereocenters. The van der Waals surface area contributed by atoms with E-state index in [1.54, 1.807) is 0 Å². The maximum atomic E-state index is 11.0. The Bertz CT molecular complexity index is 373.